The number of fused-ring (bicyclic) bond motifs is 2. The monoisotopic (exact) mass is 353 g/mol. The molecule has 2 bridgehead atoms. The molecule has 0 N–H and O–H groups in total. The molecule has 0 spiro atoms. The van der Waals surface area contributed by atoms with E-state index in [-0.39, 0.29) is 0 Å². The van der Waals surface area contributed by atoms with Crippen molar-refractivity contribution in [2.24, 2.45) is 0 Å². The van der Waals surface area contributed by atoms with E-state index in [2.05, 4.69) is 97.6 Å². The van der Waals surface area contributed by atoms with Gasteiger partial charge in [0, 0.05) is 17.1 Å². The smallest absolute Gasteiger partial charge is 0.0464 e. The summed E-state index contributed by atoms with van der Waals surface area (Å²) in [5.74, 6) is 0. The molecule has 1 heteroatoms. The van der Waals surface area contributed by atoms with Gasteiger partial charge in [-0.15, -0.1) is 0 Å². The zero-order valence-electron chi connectivity index (χ0n) is 16.3. The number of rotatable bonds is 3. The highest BCUT2D eigenvalue weighted by Crippen LogP contribution is 2.57. The number of hydrogen-bond acceptors (Lipinski definition) is 1. The van der Waals surface area contributed by atoms with Gasteiger partial charge in [-0.1, -0.05) is 56.3 Å². The molecular weight excluding hydrogens is 326 g/mol. The van der Waals surface area contributed by atoms with Crippen molar-refractivity contribution in [3.8, 4) is 0 Å². The fourth-order valence-corrected chi connectivity index (χ4v) is 5.19. The molecule has 0 aromatic heterocycles. The first-order chi connectivity index (χ1) is 13.1. The lowest BCUT2D eigenvalue weighted by Crippen LogP contribution is -2.44. The van der Waals surface area contributed by atoms with Crippen LogP contribution >= 0.6 is 0 Å². The molecule has 0 aliphatic heterocycles. The summed E-state index contributed by atoms with van der Waals surface area (Å²) in [5.41, 5.74) is 7.56. The topological polar surface area (TPSA) is 3.24 Å². The maximum absolute atomic E-state index is 2.48. The maximum atomic E-state index is 2.48. The fraction of sp³-hybridized carbons (Fsp3) is 0.308. The number of benzene rings is 3. The average molecular weight is 354 g/mol. The molecule has 0 radical (unpaired) electrons. The Labute approximate surface area is 162 Å². The summed E-state index contributed by atoms with van der Waals surface area (Å²) >= 11 is 0. The zero-order chi connectivity index (χ0) is 18.5. The second-order valence-corrected chi connectivity index (χ2v) is 8.86. The number of nitrogens with zero attached hydrogens (tertiary/aromatic N) is 1. The molecule has 1 fully saturated rings. The molecule has 0 unspecified atom stereocenters. The highest BCUT2D eigenvalue weighted by Gasteiger charge is 2.47. The molecular formula is C26H27N. The molecule has 0 heterocycles. The number of anilines is 3. The quantitative estimate of drug-likeness (QED) is 0.479. The van der Waals surface area contributed by atoms with Crippen molar-refractivity contribution in [2.75, 3.05) is 4.90 Å². The van der Waals surface area contributed by atoms with Crippen LogP contribution in [0.3, 0.4) is 0 Å². The summed E-state index contributed by atoms with van der Waals surface area (Å²) in [6.07, 6.45) is 5.29. The van der Waals surface area contributed by atoms with Crippen LogP contribution in [0, 0.1) is 0 Å². The molecule has 3 aliphatic carbocycles. The first-order valence-electron chi connectivity index (χ1n) is 10.1. The van der Waals surface area contributed by atoms with Crippen molar-refractivity contribution in [3.05, 3.63) is 90.0 Å². The van der Waals surface area contributed by atoms with Crippen molar-refractivity contribution < 1.29 is 0 Å². The van der Waals surface area contributed by atoms with Crippen LogP contribution in [0.4, 0.5) is 17.1 Å². The molecule has 1 nitrogen and oxygen atoms in total. The summed E-state index contributed by atoms with van der Waals surface area (Å²) in [7, 11) is 0. The van der Waals surface area contributed by atoms with Crippen LogP contribution in [0.1, 0.15) is 50.7 Å². The Kier molecular flexibility index (Phi) is 3.69. The van der Waals surface area contributed by atoms with Crippen LogP contribution < -0.4 is 4.90 Å². The zero-order valence-corrected chi connectivity index (χ0v) is 16.3. The van der Waals surface area contributed by atoms with Crippen LogP contribution in [0.5, 0.6) is 0 Å². The normalized spacial score (nSPS) is 25.9. The van der Waals surface area contributed by atoms with E-state index >= 15 is 0 Å². The Morgan fingerprint density at radius 1 is 0.556 bits per heavy atom. The van der Waals surface area contributed by atoms with Crippen molar-refractivity contribution in [1.29, 1.82) is 0 Å². The summed E-state index contributed by atoms with van der Waals surface area (Å²) < 4.78 is 0. The summed E-state index contributed by atoms with van der Waals surface area (Å²) in [6, 6.07) is 28.7. The first kappa shape index (κ1) is 16.6. The summed E-state index contributed by atoms with van der Waals surface area (Å²) in [6.45, 7) is 4.94. The van der Waals surface area contributed by atoms with Gasteiger partial charge in [0.1, 0.15) is 0 Å². The molecule has 136 valence electrons. The molecule has 0 saturated heterocycles. The third-order valence-corrected chi connectivity index (χ3v) is 7.05. The van der Waals surface area contributed by atoms with Crippen molar-refractivity contribution >= 4 is 17.1 Å². The number of para-hydroxylation sites is 2. The van der Waals surface area contributed by atoms with E-state index in [4.69, 9.17) is 0 Å². The lowest BCUT2D eigenvalue weighted by atomic mass is 9.52. The van der Waals surface area contributed by atoms with Crippen molar-refractivity contribution in [1.82, 2.24) is 0 Å². The van der Waals surface area contributed by atoms with Crippen molar-refractivity contribution in [2.45, 2.75) is 50.4 Å². The van der Waals surface area contributed by atoms with Gasteiger partial charge < -0.3 is 4.90 Å². The number of hydrogen-bond donors (Lipinski definition) is 0. The van der Waals surface area contributed by atoms with Crippen LogP contribution in [0.2, 0.25) is 0 Å². The van der Waals surface area contributed by atoms with E-state index in [0.29, 0.717) is 10.8 Å². The van der Waals surface area contributed by atoms with Gasteiger partial charge in [0.15, 0.2) is 0 Å². The van der Waals surface area contributed by atoms with E-state index in [9.17, 15) is 0 Å². The molecule has 0 amide bonds. The highest BCUT2D eigenvalue weighted by atomic mass is 15.1. The van der Waals surface area contributed by atoms with E-state index in [1.54, 1.807) is 11.1 Å². The van der Waals surface area contributed by atoms with E-state index < -0.39 is 0 Å². The van der Waals surface area contributed by atoms with E-state index in [1.807, 2.05) is 0 Å². The lowest BCUT2D eigenvalue weighted by Gasteiger charge is -2.52. The Balaban J connectivity index is 1.68. The van der Waals surface area contributed by atoms with Crippen LogP contribution in [-0.4, -0.2) is 0 Å². The molecule has 27 heavy (non-hydrogen) atoms. The minimum Gasteiger partial charge on any atom is -0.310 e. The minimum atomic E-state index is 0.335. The molecule has 3 aromatic rings. The molecule has 3 aromatic carbocycles. The van der Waals surface area contributed by atoms with Gasteiger partial charge in [-0.2, -0.15) is 0 Å². The Morgan fingerprint density at radius 2 is 1.04 bits per heavy atom. The van der Waals surface area contributed by atoms with Gasteiger partial charge in [-0.3, -0.25) is 0 Å². The Hall–Kier alpha value is -2.54. The third-order valence-electron chi connectivity index (χ3n) is 7.05. The largest absolute Gasteiger partial charge is 0.310 e. The van der Waals surface area contributed by atoms with Gasteiger partial charge in [-0.25, -0.2) is 0 Å². The molecule has 1 saturated carbocycles. The van der Waals surface area contributed by atoms with Gasteiger partial charge >= 0.3 is 0 Å². The molecule has 0 atom stereocenters. The lowest BCUT2D eigenvalue weighted by molar-refractivity contribution is 0.188. The minimum absolute atomic E-state index is 0.335. The standard InChI is InChI=1S/C26H27N/c1-25-15-17-26(2,18-16-25)24-19-22(13-14-23(24)25)27(20-9-5-3-6-10-20)21-11-7-4-8-12-21/h3-14,19H,15-18H2,1-2H3. The fourth-order valence-electron chi connectivity index (χ4n) is 5.19. The van der Waals surface area contributed by atoms with Crippen LogP contribution in [0.25, 0.3) is 0 Å². The Bertz CT molecular complexity index is 911. The van der Waals surface area contributed by atoms with E-state index in [0.717, 1.165) is 0 Å². The van der Waals surface area contributed by atoms with Crippen LogP contribution in [0.15, 0.2) is 78.9 Å². The van der Waals surface area contributed by atoms with E-state index in [1.165, 1.54) is 42.7 Å². The summed E-state index contributed by atoms with van der Waals surface area (Å²) in [4.78, 5) is 2.38. The van der Waals surface area contributed by atoms with Gasteiger partial charge in [-0.05, 0) is 84.0 Å². The maximum Gasteiger partial charge on any atom is 0.0464 e. The first-order valence-corrected chi connectivity index (χ1v) is 10.1. The molecule has 3 aliphatic rings. The van der Waals surface area contributed by atoms with Gasteiger partial charge in [0.05, 0.1) is 0 Å². The van der Waals surface area contributed by atoms with Gasteiger partial charge in [0.25, 0.3) is 0 Å². The summed E-state index contributed by atoms with van der Waals surface area (Å²) in [5, 5.41) is 0. The van der Waals surface area contributed by atoms with Gasteiger partial charge in [0.2, 0.25) is 0 Å². The predicted molar refractivity (Wildman–Crippen MR) is 114 cm³/mol. The Morgan fingerprint density at radius 3 is 1.56 bits per heavy atom. The molecule has 6 rings (SSSR count). The SMILES string of the molecule is CC12CCC(C)(CC1)c1cc(N(c3ccccc3)c3ccccc3)ccc12. The average Bonchev–Trinajstić information content (AvgIpc) is 2.72. The van der Waals surface area contributed by atoms with Crippen LogP contribution in [-0.2, 0) is 10.8 Å². The predicted octanol–water partition coefficient (Wildman–Crippen LogP) is 7.26. The highest BCUT2D eigenvalue weighted by molar-refractivity contribution is 5.77. The second-order valence-electron chi connectivity index (χ2n) is 8.86. The second kappa shape index (κ2) is 5.99. The third kappa shape index (κ3) is 2.60. The van der Waals surface area contributed by atoms with Crippen molar-refractivity contribution in [3.63, 3.8) is 0 Å².